The Hall–Kier alpha value is -1.46. The van der Waals surface area contributed by atoms with Crippen molar-refractivity contribution in [2.75, 3.05) is 26.2 Å². The van der Waals surface area contributed by atoms with E-state index in [1.54, 1.807) is 6.07 Å². The summed E-state index contributed by atoms with van der Waals surface area (Å²) in [5.74, 6) is 1.29. The lowest BCUT2D eigenvalue weighted by Crippen LogP contribution is -2.48. The summed E-state index contributed by atoms with van der Waals surface area (Å²) in [5.41, 5.74) is 6.02. The van der Waals surface area contributed by atoms with Gasteiger partial charge in [-0.3, -0.25) is 0 Å². The molecule has 2 atom stereocenters. The summed E-state index contributed by atoms with van der Waals surface area (Å²) in [7, 11) is 0. The second-order valence-electron chi connectivity index (χ2n) is 5.21. The highest BCUT2D eigenvalue weighted by Gasteiger charge is 2.18. The zero-order chi connectivity index (χ0) is 15.2. The Morgan fingerprint density at radius 3 is 3.14 bits per heavy atom. The van der Waals surface area contributed by atoms with Crippen molar-refractivity contribution in [3.8, 4) is 5.75 Å². The number of nitrogens with two attached hydrogens (primary N) is 1. The second kappa shape index (κ2) is 7.52. The number of morpholine rings is 1. The third kappa shape index (κ3) is 5.10. The molecule has 21 heavy (non-hydrogen) atoms. The summed E-state index contributed by atoms with van der Waals surface area (Å²) in [6.07, 6.45) is 0.119. The number of hydrogen-bond acceptors (Lipinski definition) is 3. The van der Waals surface area contributed by atoms with E-state index in [0.717, 1.165) is 18.8 Å². The van der Waals surface area contributed by atoms with Crippen molar-refractivity contribution in [2.24, 2.45) is 10.7 Å². The van der Waals surface area contributed by atoms with Crippen LogP contribution in [0.25, 0.3) is 0 Å². The second-order valence-corrected chi connectivity index (χ2v) is 5.65. The first-order valence-electron chi connectivity index (χ1n) is 7.13. The number of hydrogen-bond donors (Lipinski definition) is 1. The number of benzene rings is 1. The van der Waals surface area contributed by atoms with Crippen LogP contribution in [0.4, 0.5) is 0 Å². The number of rotatable bonds is 4. The highest BCUT2D eigenvalue weighted by molar-refractivity contribution is 6.30. The van der Waals surface area contributed by atoms with Crippen LogP contribution in [0, 0.1) is 0 Å². The van der Waals surface area contributed by atoms with E-state index in [-0.39, 0.29) is 12.2 Å². The molecule has 2 rings (SSSR count). The average Bonchev–Trinajstić information content (AvgIpc) is 2.45. The molecule has 0 saturated carbocycles. The minimum Gasteiger partial charge on any atom is -0.489 e. The fourth-order valence-corrected chi connectivity index (χ4v) is 2.34. The van der Waals surface area contributed by atoms with E-state index in [9.17, 15) is 0 Å². The van der Waals surface area contributed by atoms with E-state index in [4.69, 9.17) is 26.8 Å². The molecule has 1 fully saturated rings. The maximum Gasteiger partial charge on any atom is 0.191 e. The van der Waals surface area contributed by atoms with E-state index >= 15 is 0 Å². The number of nitrogens with zero attached hydrogens (tertiary/aromatic N) is 2. The van der Waals surface area contributed by atoms with Crippen LogP contribution in [-0.4, -0.2) is 49.3 Å². The SMILES string of the molecule is CC1CN(C(N)=NCC(C)Oc2cccc(Cl)c2)CCO1. The summed E-state index contributed by atoms with van der Waals surface area (Å²) >= 11 is 5.92. The van der Waals surface area contributed by atoms with Crippen molar-refractivity contribution < 1.29 is 9.47 Å². The fraction of sp³-hybridized carbons (Fsp3) is 0.533. The monoisotopic (exact) mass is 311 g/mol. The van der Waals surface area contributed by atoms with Crippen LogP contribution in [0.15, 0.2) is 29.3 Å². The van der Waals surface area contributed by atoms with E-state index in [2.05, 4.69) is 4.99 Å². The van der Waals surface area contributed by atoms with Gasteiger partial charge in [0.1, 0.15) is 11.9 Å². The summed E-state index contributed by atoms with van der Waals surface area (Å²) in [6, 6.07) is 7.33. The minimum absolute atomic E-state index is 0.0690. The zero-order valence-electron chi connectivity index (χ0n) is 12.5. The summed E-state index contributed by atoms with van der Waals surface area (Å²) in [4.78, 5) is 6.45. The lowest BCUT2D eigenvalue weighted by atomic mass is 10.3. The van der Waals surface area contributed by atoms with Crippen LogP contribution in [0.2, 0.25) is 5.02 Å². The smallest absolute Gasteiger partial charge is 0.191 e. The van der Waals surface area contributed by atoms with Crippen molar-refractivity contribution in [1.29, 1.82) is 0 Å². The molecule has 0 amide bonds. The van der Waals surface area contributed by atoms with Gasteiger partial charge in [0.15, 0.2) is 5.96 Å². The van der Waals surface area contributed by atoms with Crippen molar-refractivity contribution >= 4 is 17.6 Å². The van der Waals surface area contributed by atoms with Crippen molar-refractivity contribution in [1.82, 2.24) is 4.90 Å². The topological polar surface area (TPSA) is 60.1 Å². The molecule has 1 heterocycles. The fourth-order valence-electron chi connectivity index (χ4n) is 2.16. The molecule has 5 nitrogen and oxygen atoms in total. The Labute approximate surface area is 130 Å². The molecule has 1 aromatic rings. The lowest BCUT2D eigenvalue weighted by Gasteiger charge is -2.32. The molecular formula is C15H22ClN3O2. The number of aliphatic imine (C=N–C) groups is 1. The molecule has 2 N–H and O–H groups in total. The van der Waals surface area contributed by atoms with Gasteiger partial charge < -0.3 is 20.1 Å². The van der Waals surface area contributed by atoms with Gasteiger partial charge in [-0.1, -0.05) is 17.7 Å². The molecule has 0 spiro atoms. The van der Waals surface area contributed by atoms with Crippen molar-refractivity contribution in [3.63, 3.8) is 0 Å². The average molecular weight is 312 g/mol. The maximum atomic E-state index is 6.02. The van der Waals surface area contributed by atoms with Crippen LogP contribution < -0.4 is 10.5 Å². The van der Waals surface area contributed by atoms with Crippen LogP contribution in [0.5, 0.6) is 5.75 Å². The lowest BCUT2D eigenvalue weighted by molar-refractivity contribution is 0.00525. The van der Waals surface area contributed by atoms with Crippen LogP contribution in [0.1, 0.15) is 13.8 Å². The predicted octanol–water partition coefficient (Wildman–Crippen LogP) is 2.14. The predicted molar refractivity (Wildman–Crippen MR) is 85.0 cm³/mol. The van der Waals surface area contributed by atoms with Crippen molar-refractivity contribution in [2.45, 2.75) is 26.1 Å². The summed E-state index contributed by atoms with van der Waals surface area (Å²) in [6.45, 7) is 6.74. The van der Waals surface area contributed by atoms with Gasteiger partial charge in [-0.05, 0) is 32.0 Å². The Balaban J connectivity index is 1.84. The molecule has 1 aromatic carbocycles. The first-order valence-corrected chi connectivity index (χ1v) is 7.51. The summed E-state index contributed by atoms with van der Waals surface area (Å²) in [5, 5.41) is 0.657. The first kappa shape index (κ1) is 15.9. The Morgan fingerprint density at radius 1 is 1.62 bits per heavy atom. The number of halogens is 1. The molecule has 1 saturated heterocycles. The van der Waals surface area contributed by atoms with Gasteiger partial charge in [-0.25, -0.2) is 4.99 Å². The van der Waals surface area contributed by atoms with Crippen LogP contribution in [-0.2, 0) is 4.74 Å². The van der Waals surface area contributed by atoms with E-state index < -0.39 is 0 Å². The first-order chi connectivity index (χ1) is 10.0. The molecular weight excluding hydrogens is 290 g/mol. The highest BCUT2D eigenvalue weighted by Crippen LogP contribution is 2.18. The Kier molecular flexibility index (Phi) is 5.70. The highest BCUT2D eigenvalue weighted by atomic mass is 35.5. The Bertz CT molecular complexity index is 496. The Morgan fingerprint density at radius 2 is 2.43 bits per heavy atom. The molecule has 1 aliphatic rings. The van der Waals surface area contributed by atoms with E-state index in [1.165, 1.54) is 0 Å². The molecule has 2 unspecified atom stereocenters. The molecule has 6 heteroatoms. The van der Waals surface area contributed by atoms with E-state index in [0.29, 0.717) is 24.1 Å². The van der Waals surface area contributed by atoms with E-state index in [1.807, 2.05) is 36.9 Å². The zero-order valence-corrected chi connectivity index (χ0v) is 13.2. The maximum absolute atomic E-state index is 6.02. The van der Waals surface area contributed by atoms with Gasteiger partial charge in [-0.2, -0.15) is 0 Å². The van der Waals surface area contributed by atoms with Crippen LogP contribution >= 0.6 is 11.6 Å². The van der Waals surface area contributed by atoms with Gasteiger partial charge in [0.25, 0.3) is 0 Å². The third-order valence-corrected chi connectivity index (χ3v) is 3.44. The normalized spacial score (nSPS) is 21.2. The molecule has 1 aliphatic heterocycles. The van der Waals surface area contributed by atoms with Crippen LogP contribution in [0.3, 0.4) is 0 Å². The van der Waals surface area contributed by atoms with Gasteiger partial charge in [0.05, 0.1) is 19.3 Å². The largest absolute Gasteiger partial charge is 0.489 e. The van der Waals surface area contributed by atoms with Crippen molar-refractivity contribution in [3.05, 3.63) is 29.3 Å². The number of guanidine groups is 1. The van der Waals surface area contributed by atoms with Gasteiger partial charge in [-0.15, -0.1) is 0 Å². The number of ether oxygens (including phenoxy) is 2. The molecule has 116 valence electrons. The molecule has 0 radical (unpaired) electrons. The van der Waals surface area contributed by atoms with Gasteiger partial charge >= 0.3 is 0 Å². The van der Waals surface area contributed by atoms with Gasteiger partial charge in [0, 0.05) is 18.1 Å². The third-order valence-electron chi connectivity index (χ3n) is 3.21. The quantitative estimate of drug-likeness (QED) is 0.683. The standard InChI is InChI=1S/C15H22ClN3O2/c1-11(21-14-5-3-4-13(16)8-14)9-18-15(17)19-6-7-20-12(2)10-19/h3-5,8,11-12H,6-7,9-10H2,1-2H3,(H2,17,18). The molecule has 0 aliphatic carbocycles. The van der Waals surface area contributed by atoms with Gasteiger partial charge in [0.2, 0.25) is 0 Å². The molecule has 0 bridgehead atoms. The summed E-state index contributed by atoms with van der Waals surface area (Å²) < 4.78 is 11.2. The minimum atomic E-state index is -0.0690. The molecule has 0 aromatic heterocycles.